The quantitative estimate of drug-likeness (QED) is 0.764. The van der Waals surface area contributed by atoms with Crippen molar-refractivity contribution >= 4 is 5.91 Å². The van der Waals surface area contributed by atoms with Crippen molar-refractivity contribution in [2.24, 2.45) is 11.7 Å². The summed E-state index contributed by atoms with van der Waals surface area (Å²) in [4.78, 5) is 11.5. The molecule has 0 bridgehead atoms. The number of amides is 1. The third-order valence-electron chi connectivity index (χ3n) is 2.96. The summed E-state index contributed by atoms with van der Waals surface area (Å²) in [5.41, 5.74) is 6.24. The van der Waals surface area contributed by atoms with Crippen molar-refractivity contribution in [1.82, 2.24) is 5.32 Å². The fourth-order valence-corrected chi connectivity index (χ4v) is 1.67. The number of hydrogen-bond acceptors (Lipinski definition) is 4. The lowest BCUT2D eigenvalue weighted by Gasteiger charge is -2.12. The van der Waals surface area contributed by atoms with Gasteiger partial charge in [0, 0.05) is 19.0 Å². The molecule has 0 radical (unpaired) electrons. The first kappa shape index (κ1) is 17.2. The van der Waals surface area contributed by atoms with Crippen molar-refractivity contribution in [3.8, 4) is 11.5 Å². The van der Waals surface area contributed by atoms with Gasteiger partial charge in [0.1, 0.15) is 0 Å². The van der Waals surface area contributed by atoms with Gasteiger partial charge in [0.05, 0.1) is 7.11 Å². The van der Waals surface area contributed by atoms with Crippen LogP contribution in [0, 0.1) is 5.92 Å². The highest BCUT2D eigenvalue weighted by Crippen LogP contribution is 2.29. The fourth-order valence-electron chi connectivity index (χ4n) is 1.67. The van der Waals surface area contributed by atoms with Crippen molar-refractivity contribution in [2.75, 3.05) is 20.2 Å². The van der Waals surface area contributed by atoms with Crippen molar-refractivity contribution in [1.29, 1.82) is 0 Å². The lowest BCUT2D eigenvalue weighted by atomic mass is 10.1. The zero-order valence-corrected chi connectivity index (χ0v) is 12.1. The molecule has 0 fully saturated rings. The largest absolute Gasteiger partial charge is 0.493 e. The van der Waals surface area contributed by atoms with Crippen LogP contribution in [0.4, 0.5) is 8.78 Å². The van der Waals surface area contributed by atoms with Crippen LogP contribution in [0.2, 0.25) is 0 Å². The summed E-state index contributed by atoms with van der Waals surface area (Å²) in [5, 5.41) is 2.76. The Morgan fingerprint density at radius 1 is 1.38 bits per heavy atom. The second-order valence-corrected chi connectivity index (χ2v) is 4.54. The highest BCUT2D eigenvalue weighted by atomic mass is 19.3. The SMILES string of the molecule is COc1cc(CCNC(=O)C(C)CN)ccc1OC(F)F. The van der Waals surface area contributed by atoms with Gasteiger partial charge in [0.2, 0.25) is 5.91 Å². The van der Waals surface area contributed by atoms with Crippen molar-refractivity contribution in [3.63, 3.8) is 0 Å². The zero-order valence-electron chi connectivity index (χ0n) is 12.1. The van der Waals surface area contributed by atoms with E-state index in [0.717, 1.165) is 5.56 Å². The lowest BCUT2D eigenvalue weighted by molar-refractivity contribution is -0.124. The molecular weight excluding hydrogens is 282 g/mol. The molecule has 0 heterocycles. The molecule has 1 unspecified atom stereocenters. The number of nitrogens with two attached hydrogens (primary N) is 1. The van der Waals surface area contributed by atoms with Crippen LogP contribution in [-0.4, -0.2) is 32.7 Å². The lowest BCUT2D eigenvalue weighted by Crippen LogP contribution is -2.34. The number of alkyl halides is 2. The molecule has 5 nitrogen and oxygen atoms in total. The van der Waals surface area contributed by atoms with Crippen LogP contribution in [0.3, 0.4) is 0 Å². The Balaban J connectivity index is 2.58. The van der Waals surface area contributed by atoms with Gasteiger partial charge < -0.3 is 20.5 Å². The number of carbonyl (C=O) groups excluding carboxylic acids is 1. The minimum Gasteiger partial charge on any atom is -0.493 e. The van der Waals surface area contributed by atoms with Gasteiger partial charge in [-0.1, -0.05) is 13.0 Å². The van der Waals surface area contributed by atoms with Crippen LogP contribution in [0.25, 0.3) is 0 Å². The number of ether oxygens (including phenoxy) is 2. The molecule has 3 N–H and O–H groups in total. The Labute approximate surface area is 122 Å². The van der Waals surface area contributed by atoms with E-state index in [1.807, 2.05) is 0 Å². The maximum absolute atomic E-state index is 12.2. The third-order valence-corrected chi connectivity index (χ3v) is 2.96. The molecule has 0 aliphatic rings. The maximum atomic E-state index is 12.2. The Kier molecular flexibility index (Phi) is 6.87. The molecular formula is C14H20F2N2O3. The van der Waals surface area contributed by atoms with Gasteiger partial charge in [-0.15, -0.1) is 0 Å². The molecule has 1 atom stereocenters. The highest BCUT2D eigenvalue weighted by molar-refractivity contribution is 5.78. The van der Waals surface area contributed by atoms with Gasteiger partial charge in [-0.2, -0.15) is 8.78 Å². The molecule has 7 heteroatoms. The number of rotatable bonds is 8. The number of carbonyl (C=O) groups is 1. The van der Waals surface area contributed by atoms with Crippen molar-refractivity contribution < 1.29 is 23.0 Å². The van der Waals surface area contributed by atoms with Gasteiger partial charge in [0.25, 0.3) is 0 Å². The molecule has 1 amide bonds. The van der Waals surface area contributed by atoms with Gasteiger partial charge in [0.15, 0.2) is 11.5 Å². The number of benzene rings is 1. The van der Waals surface area contributed by atoms with E-state index in [1.165, 1.54) is 13.2 Å². The monoisotopic (exact) mass is 302 g/mol. The van der Waals surface area contributed by atoms with Crippen LogP contribution >= 0.6 is 0 Å². The van der Waals surface area contributed by atoms with Gasteiger partial charge >= 0.3 is 6.61 Å². The van der Waals surface area contributed by atoms with Gasteiger partial charge in [-0.25, -0.2) is 0 Å². The topological polar surface area (TPSA) is 73.6 Å². The van der Waals surface area contributed by atoms with E-state index in [1.54, 1.807) is 19.1 Å². The van der Waals surface area contributed by atoms with Gasteiger partial charge in [-0.3, -0.25) is 4.79 Å². The average molecular weight is 302 g/mol. The summed E-state index contributed by atoms with van der Waals surface area (Å²) in [7, 11) is 1.38. The third kappa shape index (κ3) is 5.55. The first-order chi connectivity index (χ1) is 9.97. The van der Waals surface area contributed by atoms with Crippen molar-refractivity contribution in [2.45, 2.75) is 20.0 Å². The van der Waals surface area contributed by atoms with E-state index >= 15 is 0 Å². The van der Waals surface area contributed by atoms with Crippen molar-refractivity contribution in [3.05, 3.63) is 23.8 Å². The van der Waals surface area contributed by atoms with E-state index in [-0.39, 0.29) is 23.3 Å². The molecule has 0 saturated carbocycles. The van der Waals surface area contributed by atoms with E-state index in [2.05, 4.69) is 10.1 Å². The average Bonchev–Trinajstić information content (AvgIpc) is 2.47. The van der Waals surface area contributed by atoms with Crippen LogP contribution in [-0.2, 0) is 11.2 Å². The second-order valence-electron chi connectivity index (χ2n) is 4.54. The molecule has 1 aromatic carbocycles. The van der Waals surface area contributed by atoms with E-state index < -0.39 is 6.61 Å². The summed E-state index contributed by atoms with van der Waals surface area (Å²) in [6.07, 6.45) is 0.550. The molecule has 0 spiro atoms. The summed E-state index contributed by atoms with van der Waals surface area (Å²) in [6, 6.07) is 4.68. The summed E-state index contributed by atoms with van der Waals surface area (Å²) in [6.45, 7) is -0.433. The predicted octanol–water partition coefficient (Wildman–Crippen LogP) is 1.55. The molecule has 1 rings (SSSR count). The molecule has 1 aromatic rings. The molecule has 0 saturated heterocycles. The Hall–Kier alpha value is -1.89. The summed E-state index contributed by atoms with van der Waals surface area (Å²) in [5.74, 6) is -0.130. The normalized spacial score (nSPS) is 12.1. The van der Waals surface area contributed by atoms with Crippen LogP contribution in [0.15, 0.2) is 18.2 Å². The van der Waals surface area contributed by atoms with E-state index in [4.69, 9.17) is 10.5 Å². The molecule has 21 heavy (non-hydrogen) atoms. The van der Waals surface area contributed by atoms with Crippen LogP contribution in [0.5, 0.6) is 11.5 Å². The Morgan fingerprint density at radius 2 is 2.10 bits per heavy atom. The number of nitrogens with one attached hydrogen (secondary N) is 1. The molecule has 0 aliphatic heterocycles. The number of methoxy groups -OCH3 is 1. The Morgan fingerprint density at radius 3 is 2.67 bits per heavy atom. The van der Waals surface area contributed by atoms with Gasteiger partial charge in [-0.05, 0) is 24.1 Å². The first-order valence-corrected chi connectivity index (χ1v) is 6.57. The molecule has 0 aromatic heterocycles. The molecule has 118 valence electrons. The second kappa shape index (κ2) is 8.41. The Bertz CT molecular complexity index is 470. The smallest absolute Gasteiger partial charge is 0.387 e. The predicted molar refractivity (Wildman–Crippen MR) is 74.6 cm³/mol. The maximum Gasteiger partial charge on any atom is 0.387 e. The van der Waals surface area contributed by atoms with E-state index in [0.29, 0.717) is 19.5 Å². The van der Waals surface area contributed by atoms with Crippen LogP contribution < -0.4 is 20.5 Å². The minimum absolute atomic E-state index is 0.0166. The summed E-state index contributed by atoms with van der Waals surface area (Å²) < 4.78 is 33.8. The number of hydrogen-bond donors (Lipinski definition) is 2. The number of halogens is 2. The fraction of sp³-hybridized carbons (Fsp3) is 0.500. The van der Waals surface area contributed by atoms with Crippen LogP contribution in [0.1, 0.15) is 12.5 Å². The minimum atomic E-state index is -2.90. The highest BCUT2D eigenvalue weighted by Gasteiger charge is 2.12. The van der Waals surface area contributed by atoms with E-state index in [9.17, 15) is 13.6 Å². The zero-order chi connectivity index (χ0) is 15.8. The standard InChI is InChI=1S/C14H20F2N2O3/c1-9(8-17)13(19)18-6-5-10-3-4-11(21-14(15)16)12(7-10)20-2/h3-4,7,9,14H,5-6,8,17H2,1-2H3,(H,18,19). The first-order valence-electron chi connectivity index (χ1n) is 6.57. The summed E-state index contributed by atoms with van der Waals surface area (Å²) >= 11 is 0. The molecule has 0 aliphatic carbocycles.